The van der Waals surface area contributed by atoms with Gasteiger partial charge in [0.25, 0.3) is 5.91 Å². The fourth-order valence-corrected chi connectivity index (χ4v) is 6.20. The number of aromatic nitrogens is 1. The predicted octanol–water partition coefficient (Wildman–Crippen LogP) is 6.34. The van der Waals surface area contributed by atoms with E-state index in [-0.39, 0.29) is 5.91 Å². The Balaban J connectivity index is 1.21. The maximum Gasteiger partial charge on any atom is 0.252 e. The monoisotopic (exact) mass is 556 g/mol. The molecule has 0 spiro atoms. The number of likely N-dealkylation sites (N-methyl/N-ethyl adjacent to an activating group) is 1. The van der Waals surface area contributed by atoms with Gasteiger partial charge in [-0.25, -0.2) is 4.98 Å². The fraction of sp³-hybridized carbons (Fsp3) is 0.552. The van der Waals surface area contributed by atoms with Gasteiger partial charge in [-0.05, 0) is 99.4 Å². The van der Waals surface area contributed by atoms with Crippen molar-refractivity contribution in [3.8, 4) is 0 Å². The lowest BCUT2D eigenvalue weighted by molar-refractivity contribution is 0.0941. The number of carbonyl (C=O) groups is 1. The van der Waals surface area contributed by atoms with Crippen LogP contribution in [-0.4, -0.2) is 46.6 Å². The summed E-state index contributed by atoms with van der Waals surface area (Å²) < 4.78 is 0. The first-order chi connectivity index (χ1) is 18.5. The van der Waals surface area contributed by atoms with Gasteiger partial charge in [0.2, 0.25) is 0 Å². The van der Waals surface area contributed by atoms with Gasteiger partial charge in [0.1, 0.15) is 0 Å². The first kappa shape index (κ1) is 28.6. The number of anilines is 2. The van der Waals surface area contributed by atoms with Gasteiger partial charge in [0.05, 0.1) is 10.6 Å². The molecule has 1 saturated heterocycles. The quantitative estimate of drug-likeness (QED) is 0.201. The molecule has 1 aliphatic heterocycles. The van der Waals surface area contributed by atoms with E-state index < -0.39 is 0 Å². The Morgan fingerprint density at radius 1 is 1.13 bits per heavy atom. The molecule has 2 heterocycles. The molecule has 2 aromatic rings. The van der Waals surface area contributed by atoms with Crippen LogP contribution in [0.3, 0.4) is 0 Å². The van der Waals surface area contributed by atoms with Gasteiger partial charge in [-0.3, -0.25) is 20.5 Å². The number of thiocarbonyl (C=S) groups is 1. The van der Waals surface area contributed by atoms with Crippen LogP contribution in [0, 0.1) is 5.92 Å². The third-order valence-electron chi connectivity index (χ3n) is 7.98. The number of hydrogen-bond donors (Lipinski definition) is 4. The fourth-order valence-electron chi connectivity index (χ4n) is 5.82. The SMILES string of the molecule is CCCC1CCC(c2ccc(NC(=S)NNc3ncc(C(=O)NCC4CCCN4CC)cc3Cl)cc2)CC1. The highest BCUT2D eigenvalue weighted by atomic mass is 35.5. The third kappa shape index (κ3) is 7.80. The Bertz CT molecular complexity index is 1070. The lowest BCUT2D eigenvalue weighted by Gasteiger charge is -2.28. The standard InChI is InChI=1S/C29H41ClN6OS/c1-3-6-20-8-10-21(11-9-20)22-12-14-24(15-13-22)33-29(38)35-34-27-26(30)17-23(18-31-27)28(37)32-19-25-7-5-16-36(25)4-2/h12-15,17-18,20-21,25H,3-11,16,19H2,1-2H3,(H,31,34)(H,32,37)(H2,33,35,38). The van der Waals surface area contributed by atoms with Crippen LogP contribution >= 0.6 is 23.8 Å². The molecule has 9 heteroatoms. The molecule has 2 aliphatic rings. The molecule has 4 N–H and O–H groups in total. The van der Waals surface area contributed by atoms with Crippen LogP contribution in [0.4, 0.5) is 11.5 Å². The van der Waals surface area contributed by atoms with Crippen LogP contribution in [0.5, 0.6) is 0 Å². The first-order valence-electron chi connectivity index (χ1n) is 14.1. The summed E-state index contributed by atoms with van der Waals surface area (Å²) in [5.41, 5.74) is 8.62. The lowest BCUT2D eigenvalue weighted by atomic mass is 9.77. The van der Waals surface area contributed by atoms with Crippen LogP contribution in [0.25, 0.3) is 0 Å². The highest BCUT2D eigenvalue weighted by Crippen LogP contribution is 2.37. The van der Waals surface area contributed by atoms with Gasteiger partial charge < -0.3 is 10.6 Å². The topological polar surface area (TPSA) is 81.3 Å². The molecule has 1 aliphatic carbocycles. The number of halogens is 1. The number of nitrogens with one attached hydrogen (secondary N) is 4. The van der Waals surface area contributed by atoms with E-state index in [0.29, 0.717) is 40.0 Å². The van der Waals surface area contributed by atoms with Gasteiger partial charge >= 0.3 is 0 Å². The Morgan fingerprint density at radius 3 is 2.58 bits per heavy atom. The average Bonchev–Trinajstić information content (AvgIpc) is 3.40. The normalized spacial score (nSPS) is 21.6. The van der Waals surface area contributed by atoms with E-state index in [1.807, 2.05) is 0 Å². The minimum absolute atomic E-state index is 0.170. The second-order valence-corrected chi connectivity index (χ2v) is 11.3. The summed E-state index contributed by atoms with van der Waals surface area (Å²) in [6, 6.07) is 10.6. The van der Waals surface area contributed by atoms with Crippen molar-refractivity contribution >= 4 is 46.3 Å². The Morgan fingerprint density at radius 2 is 1.89 bits per heavy atom. The van der Waals surface area contributed by atoms with Crippen molar-refractivity contribution in [3.63, 3.8) is 0 Å². The van der Waals surface area contributed by atoms with E-state index in [1.54, 1.807) is 6.07 Å². The van der Waals surface area contributed by atoms with Crippen LogP contribution < -0.4 is 21.5 Å². The maximum atomic E-state index is 12.6. The first-order valence-corrected chi connectivity index (χ1v) is 14.9. The molecule has 4 rings (SSSR count). The molecule has 1 amide bonds. The Kier molecular flexibility index (Phi) is 10.6. The van der Waals surface area contributed by atoms with Crippen molar-refractivity contribution in [1.82, 2.24) is 20.6 Å². The van der Waals surface area contributed by atoms with Crippen LogP contribution in [-0.2, 0) is 0 Å². The minimum Gasteiger partial charge on any atom is -0.350 e. The number of amides is 1. The summed E-state index contributed by atoms with van der Waals surface area (Å²) in [7, 11) is 0. The number of rotatable bonds is 10. The van der Waals surface area contributed by atoms with Crippen molar-refractivity contribution < 1.29 is 4.79 Å². The molecule has 38 heavy (non-hydrogen) atoms. The largest absolute Gasteiger partial charge is 0.350 e. The van der Waals surface area contributed by atoms with Crippen molar-refractivity contribution in [2.45, 2.75) is 77.2 Å². The zero-order valence-corrected chi connectivity index (χ0v) is 24.1. The van der Waals surface area contributed by atoms with E-state index in [4.69, 9.17) is 23.8 Å². The van der Waals surface area contributed by atoms with Crippen LogP contribution in [0.2, 0.25) is 5.02 Å². The molecule has 0 radical (unpaired) electrons. The van der Waals surface area contributed by atoms with Crippen molar-refractivity contribution in [2.24, 2.45) is 5.92 Å². The average molecular weight is 557 g/mol. The van der Waals surface area contributed by atoms with E-state index in [0.717, 1.165) is 31.1 Å². The molecular weight excluding hydrogens is 516 g/mol. The van der Waals surface area contributed by atoms with Gasteiger partial charge in [-0.2, -0.15) is 0 Å². The molecule has 1 atom stereocenters. The summed E-state index contributed by atoms with van der Waals surface area (Å²) in [5, 5.41) is 6.93. The Labute approximate surface area is 237 Å². The lowest BCUT2D eigenvalue weighted by Crippen LogP contribution is -2.40. The molecular formula is C29H41ClN6OS. The molecule has 2 fully saturated rings. The minimum atomic E-state index is -0.170. The number of hydrazine groups is 1. The molecule has 7 nitrogen and oxygen atoms in total. The number of benzene rings is 1. The highest BCUT2D eigenvalue weighted by Gasteiger charge is 2.24. The number of likely N-dealkylation sites (tertiary alicyclic amines) is 1. The summed E-state index contributed by atoms with van der Waals surface area (Å²) in [5.74, 6) is 1.81. The van der Waals surface area contributed by atoms with Crippen molar-refractivity contribution in [1.29, 1.82) is 0 Å². The smallest absolute Gasteiger partial charge is 0.252 e. The van der Waals surface area contributed by atoms with E-state index >= 15 is 0 Å². The van der Waals surface area contributed by atoms with Gasteiger partial charge in [-0.1, -0.05) is 50.4 Å². The summed E-state index contributed by atoms with van der Waals surface area (Å²) in [6.07, 6.45) is 11.7. The van der Waals surface area contributed by atoms with E-state index in [1.165, 1.54) is 56.7 Å². The summed E-state index contributed by atoms with van der Waals surface area (Å²) in [6.45, 7) is 7.17. The Hall–Kier alpha value is -2.42. The van der Waals surface area contributed by atoms with Gasteiger partial charge in [0, 0.05) is 24.5 Å². The number of nitrogens with zero attached hydrogens (tertiary/aromatic N) is 2. The predicted molar refractivity (Wildman–Crippen MR) is 161 cm³/mol. The number of carbonyl (C=O) groups excluding carboxylic acids is 1. The third-order valence-corrected chi connectivity index (χ3v) is 8.48. The van der Waals surface area contributed by atoms with Gasteiger partial charge in [-0.15, -0.1) is 0 Å². The van der Waals surface area contributed by atoms with Gasteiger partial charge in [0.15, 0.2) is 10.9 Å². The van der Waals surface area contributed by atoms with E-state index in [9.17, 15) is 4.79 Å². The zero-order chi connectivity index (χ0) is 26.9. The second-order valence-electron chi connectivity index (χ2n) is 10.5. The molecule has 1 aromatic carbocycles. The second kappa shape index (κ2) is 14.1. The van der Waals surface area contributed by atoms with Crippen molar-refractivity contribution in [3.05, 3.63) is 52.7 Å². The maximum absolute atomic E-state index is 12.6. The molecule has 0 bridgehead atoms. The van der Waals surface area contributed by atoms with Crippen LogP contribution in [0.1, 0.15) is 87.1 Å². The van der Waals surface area contributed by atoms with Crippen molar-refractivity contribution in [2.75, 3.05) is 30.4 Å². The number of pyridine rings is 1. The number of hydrogen-bond acceptors (Lipinski definition) is 5. The molecule has 1 aromatic heterocycles. The summed E-state index contributed by atoms with van der Waals surface area (Å²) in [4.78, 5) is 19.3. The molecule has 206 valence electrons. The highest BCUT2D eigenvalue weighted by molar-refractivity contribution is 7.80. The zero-order valence-electron chi connectivity index (χ0n) is 22.6. The van der Waals surface area contributed by atoms with E-state index in [2.05, 4.69) is 69.5 Å². The summed E-state index contributed by atoms with van der Waals surface area (Å²) >= 11 is 11.8. The molecule has 1 unspecified atom stereocenters. The van der Waals surface area contributed by atoms with Crippen LogP contribution in [0.15, 0.2) is 36.5 Å². The molecule has 1 saturated carbocycles.